The van der Waals surface area contributed by atoms with Crippen molar-refractivity contribution in [3.63, 3.8) is 0 Å². The first kappa shape index (κ1) is 19.2. The summed E-state index contributed by atoms with van der Waals surface area (Å²) in [5.41, 5.74) is 3.18. The van der Waals surface area contributed by atoms with Gasteiger partial charge in [0.15, 0.2) is 0 Å². The van der Waals surface area contributed by atoms with Gasteiger partial charge in [-0.3, -0.25) is 0 Å². The summed E-state index contributed by atoms with van der Waals surface area (Å²) in [4.78, 5) is 12.2. The molecule has 3 heteroatoms. The van der Waals surface area contributed by atoms with Gasteiger partial charge in [-0.25, -0.2) is 4.79 Å². The number of ether oxygens (including phenoxy) is 1. The van der Waals surface area contributed by atoms with E-state index < -0.39 is 0 Å². The van der Waals surface area contributed by atoms with Crippen molar-refractivity contribution in [3.8, 4) is 0 Å². The fourth-order valence-electron chi connectivity index (χ4n) is 2.75. The Balaban J connectivity index is 1.63. The van der Waals surface area contributed by atoms with Crippen LogP contribution in [0.2, 0.25) is 0 Å². The first-order valence-corrected chi connectivity index (χ1v) is 9.23. The van der Waals surface area contributed by atoms with Gasteiger partial charge in [0.1, 0.15) is 0 Å². The molecule has 0 spiro atoms. The monoisotopic (exact) mass is 339 g/mol. The highest BCUT2D eigenvalue weighted by atomic mass is 16.5. The third-order valence-corrected chi connectivity index (χ3v) is 4.17. The number of carbonyl (C=O) groups excluding carboxylic acids is 1. The van der Waals surface area contributed by atoms with Gasteiger partial charge < -0.3 is 10.1 Å². The van der Waals surface area contributed by atoms with Crippen LogP contribution in [0, 0.1) is 0 Å². The summed E-state index contributed by atoms with van der Waals surface area (Å²) in [6, 6.07) is 18.1. The van der Waals surface area contributed by atoms with Gasteiger partial charge in [-0.05, 0) is 56.0 Å². The van der Waals surface area contributed by atoms with Crippen molar-refractivity contribution in [2.45, 2.75) is 52.2 Å². The molecule has 0 aromatic heterocycles. The Morgan fingerprint density at radius 2 is 1.76 bits per heavy atom. The van der Waals surface area contributed by atoms with E-state index in [-0.39, 0.29) is 12.1 Å². The first-order valence-electron chi connectivity index (χ1n) is 9.23. The standard InChI is InChI=1S/C22H29NO2/c1-3-8-19-12-14-21(15-13-19)22(24)25-18(2)9-7-16-23-17-20-10-5-4-6-11-20/h4-6,10-15,18,23H,3,7-9,16-17H2,1-2H3. The van der Waals surface area contributed by atoms with Crippen molar-refractivity contribution in [1.29, 1.82) is 0 Å². The van der Waals surface area contributed by atoms with Crippen molar-refractivity contribution in [3.05, 3.63) is 71.3 Å². The van der Waals surface area contributed by atoms with Crippen LogP contribution in [0.1, 0.15) is 54.6 Å². The van der Waals surface area contributed by atoms with E-state index >= 15 is 0 Å². The third kappa shape index (κ3) is 7.10. The first-order chi connectivity index (χ1) is 12.2. The van der Waals surface area contributed by atoms with Crippen LogP contribution in [0.5, 0.6) is 0 Å². The number of hydrogen-bond donors (Lipinski definition) is 1. The van der Waals surface area contributed by atoms with E-state index in [2.05, 4.69) is 24.4 Å². The van der Waals surface area contributed by atoms with Crippen LogP contribution in [0.3, 0.4) is 0 Å². The van der Waals surface area contributed by atoms with E-state index in [0.29, 0.717) is 5.56 Å². The van der Waals surface area contributed by atoms with Crippen molar-refractivity contribution < 1.29 is 9.53 Å². The molecule has 0 heterocycles. The summed E-state index contributed by atoms with van der Waals surface area (Å²) < 4.78 is 5.53. The summed E-state index contributed by atoms with van der Waals surface area (Å²) in [5, 5.41) is 3.42. The lowest BCUT2D eigenvalue weighted by Gasteiger charge is -2.14. The van der Waals surface area contributed by atoms with Crippen molar-refractivity contribution in [2.24, 2.45) is 0 Å². The topological polar surface area (TPSA) is 38.3 Å². The number of rotatable bonds is 10. The van der Waals surface area contributed by atoms with Crippen molar-refractivity contribution in [1.82, 2.24) is 5.32 Å². The molecule has 0 saturated carbocycles. The van der Waals surface area contributed by atoms with E-state index in [9.17, 15) is 4.79 Å². The SMILES string of the molecule is CCCc1ccc(C(=O)OC(C)CCCNCc2ccccc2)cc1. The summed E-state index contributed by atoms with van der Waals surface area (Å²) in [7, 11) is 0. The Morgan fingerprint density at radius 1 is 1.04 bits per heavy atom. The zero-order valence-corrected chi connectivity index (χ0v) is 15.3. The maximum absolute atomic E-state index is 12.2. The van der Waals surface area contributed by atoms with Crippen LogP contribution >= 0.6 is 0 Å². The molecule has 1 atom stereocenters. The van der Waals surface area contributed by atoms with Crippen molar-refractivity contribution in [2.75, 3.05) is 6.54 Å². The molecule has 0 saturated heterocycles. The molecule has 0 fully saturated rings. The lowest BCUT2D eigenvalue weighted by atomic mass is 10.1. The van der Waals surface area contributed by atoms with Gasteiger partial charge >= 0.3 is 5.97 Å². The number of esters is 1. The van der Waals surface area contributed by atoms with E-state index in [1.807, 2.05) is 49.4 Å². The molecule has 0 aliphatic rings. The second kappa shape index (κ2) is 10.7. The van der Waals surface area contributed by atoms with Crippen LogP contribution in [-0.4, -0.2) is 18.6 Å². The minimum absolute atomic E-state index is 0.0682. The summed E-state index contributed by atoms with van der Waals surface area (Å²) in [6.07, 6.45) is 3.93. The van der Waals surface area contributed by atoms with Gasteiger partial charge in [0.05, 0.1) is 11.7 Å². The molecular weight excluding hydrogens is 310 g/mol. The molecule has 0 aliphatic carbocycles. The fourth-order valence-corrected chi connectivity index (χ4v) is 2.75. The average Bonchev–Trinajstić information content (AvgIpc) is 2.63. The highest BCUT2D eigenvalue weighted by molar-refractivity contribution is 5.89. The number of hydrogen-bond acceptors (Lipinski definition) is 3. The average molecular weight is 339 g/mol. The molecule has 2 aromatic rings. The number of benzene rings is 2. The summed E-state index contributed by atoms with van der Waals surface area (Å²) in [6.45, 7) is 5.90. The van der Waals surface area contributed by atoms with E-state index in [1.165, 1.54) is 11.1 Å². The number of aryl methyl sites for hydroxylation is 1. The molecule has 1 N–H and O–H groups in total. The van der Waals surface area contributed by atoms with Crippen LogP contribution in [0.4, 0.5) is 0 Å². The predicted molar refractivity (Wildman–Crippen MR) is 103 cm³/mol. The Bertz CT molecular complexity index is 622. The molecule has 3 nitrogen and oxygen atoms in total. The van der Waals surface area contributed by atoms with Crippen LogP contribution in [-0.2, 0) is 17.7 Å². The molecule has 1 unspecified atom stereocenters. The minimum Gasteiger partial charge on any atom is -0.459 e. The summed E-state index contributed by atoms with van der Waals surface area (Å²) in [5.74, 6) is -0.229. The van der Waals surface area contributed by atoms with E-state index in [4.69, 9.17) is 4.74 Å². The molecule has 25 heavy (non-hydrogen) atoms. The number of carbonyl (C=O) groups is 1. The molecular formula is C22H29NO2. The molecule has 0 radical (unpaired) electrons. The zero-order chi connectivity index (χ0) is 17.9. The Morgan fingerprint density at radius 3 is 2.44 bits per heavy atom. The lowest BCUT2D eigenvalue weighted by Crippen LogP contribution is -2.19. The molecule has 0 amide bonds. The van der Waals surface area contributed by atoms with Gasteiger partial charge in [0.2, 0.25) is 0 Å². The van der Waals surface area contributed by atoms with Crippen LogP contribution in [0.15, 0.2) is 54.6 Å². The predicted octanol–water partition coefficient (Wildman–Crippen LogP) is 4.75. The maximum atomic E-state index is 12.2. The van der Waals surface area contributed by atoms with Gasteiger partial charge in [0, 0.05) is 6.54 Å². The Kier molecular flexibility index (Phi) is 8.20. The van der Waals surface area contributed by atoms with E-state index in [1.54, 1.807) is 0 Å². The molecule has 134 valence electrons. The second-order valence-corrected chi connectivity index (χ2v) is 6.47. The van der Waals surface area contributed by atoms with Crippen molar-refractivity contribution >= 4 is 5.97 Å². The van der Waals surface area contributed by atoms with Gasteiger partial charge in [-0.1, -0.05) is 55.8 Å². The molecule has 0 bridgehead atoms. The third-order valence-electron chi connectivity index (χ3n) is 4.17. The normalized spacial score (nSPS) is 11.9. The quantitative estimate of drug-likeness (QED) is 0.501. The minimum atomic E-state index is -0.229. The lowest BCUT2D eigenvalue weighted by molar-refractivity contribution is 0.0321. The Labute approximate surface area is 151 Å². The largest absolute Gasteiger partial charge is 0.459 e. The van der Waals surface area contributed by atoms with Gasteiger partial charge in [0.25, 0.3) is 0 Å². The molecule has 2 aromatic carbocycles. The summed E-state index contributed by atoms with van der Waals surface area (Å²) >= 11 is 0. The Hall–Kier alpha value is -2.13. The molecule has 2 rings (SSSR count). The highest BCUT2D eigenvalue weighted by Crippen LogP contribution is 2.10. The van der Waals surface area contributed by atoms with Crippen LogP contribution < -0.4 is 5.32 Å². The fraction of sp³-hybridized carbons (Fsp3) is 0.409. The van der Waals surface area contributed by atoms with E-state index in [0.717, 1.165) is 38.8 Å². The maximum Gasteiger partial charge on any atom is 0.338 e. The highest BCUT2D eigenvalue weighted by Gasteiger charge is 2.11. The van der Waals surface area contributed by atoms with Gasteiger partial charge in [-0.15, -0.1) is 0 Å². The smallest absolute Gasteiger partial charge is 0.338 e. The second-order valence-electron chi connectivity index (χ2n) is 6.47. The molecule has 0 aliphatic heterocycles. The number of nitrogens with one attached hydrogen (secondary N) is 1. The van der Waals surface area contributed by atoms with Crippen LogP contribution in [0.25, 0.3) is 0 Å². The zero-order valence-electron chi connectivity index (χ0n) is 15.3. The van der Waals surface area contributed by atoms with Gasteiger partial charge in [-0.2, -0.15) is 0 Å².